The van der Waals surface area contributed by atoms with Crippen molar-refractivity contribution in [3.05, 3.63) is 23.3 Å². The van der Waals surface area contributed by atoms with Crippen molar-refractivity contribution in [2.75, 3.05) is 0 Å². The smallest absolute Gasteiger partial charge is 0.159 e. The minimum Gasteiger partial charge on any atom is -0.295 e. The third kappa shape index (κ3) is 1.90. The molecule has 2 aliphatic rings. The van der Waals surface area contributed by atoms with E-state index in [0.717, 1.165) is 31.3 Å². The fourth-order valence-corrected chi connectivity index (χ4v) is 2.25. The van der Waals surface area contributed by atoms with Gasteiger partial charge >= 0.3 is 0 Å². The average Bonchev–Trinajstić information content (AvgIpc) is 2.07. The SMILES string of the molecule is O=C1CCCC2=C1CC=CCCC2. The van der Waals surface area contributed by atoms with Gasteiger partial charge in [-0.1, -0.05) is 17.7 Å². The summed E-state index contributed by atoms with van der Waals surface area (Å²) in [5, 5.41) is 0. The topological polar surface area (TPSA) is 17.1 Å². The van der Waals surface area contributed by atoms with Gasteiger partial charge < -0.3 is 0 Å². The summed E-state index contributed by atoms with van der Waals surface area (Å²) in [5.74, 6) is 0.410. The molecule has 1 nitrogen and oxygen atoms in total. The van der Waals surface area contributed by atoms with Crippen molar-refractivity contribution in [3.63, 3.8) is 0 Å². The molecule has 0 aromatic heterocycles. The molecule has 1 heteroatoms. The van der Waals surface area contributed by atoms with Gasteiger partial charge in [0.15, 0.2) is 5.78 Å². The number of ketones is 1. The van der Waals surface area contributed by atoms with Gasteiger partial charge in [0.25, 0.3) is 0 Å². The van der Waals surface area contributed by atoms with Crippen molar-refractivity contribution in [3.8, 4) is 0 Å². The lowest BCUT2D eigenvalue weighted by Gasteiger charge is -2.19. The molecule has 0 atom stereocenters. The van der Waals surface area contributed by atoms with Gasteiger partial charge in [-0.15, -0.1) is 0 Å². The molecule has 0 saturated carbocycles. The van der Waals surface area contributed by atoms with E-state index in [-0.39, 0.29) is 0 Å². The summed E-state index contributed by atoms with van der Waals surface area (Å²) in [6.07, 6.45) is 11.9. The highest BCUT2D eigenvalue weighted by Gasteiger charge is 2.19. The molecule has 0 spiro atoms. The highest BCUT2D eigenvalue weighted by Crippen LogP contribution is 2.29. The van der Waals surface area contributed by atoms with Crippen molar-refractivity contribution < 1.29 is 4.79 Å². The Morgan fingerprint density at radius 2 is 1.85 bits per heavy atom. The van der Waals surface area contributed by atoms with Crippen LogP contribution in [0.5, 0.6) is 0 Å². The van der Waals surface area contributed by atoms with Crippen LogP contribution in [0.25, 0.3) is 0 Å². The van der Waals surface area contributed by atoms with Gasteiger partial charge in [-0.25, -0.2) is 0 Å². The molecule has 2 rings (SSSR count). The monoisotopic (exact) mass is 176 g/mol. The molecule has 13 heavy (non-hydrogen) atoms. The Balaban J connectivity index is 2.24. The highest BCUT2D eigenvalue weighted by atomic mass is 16.1. The molecule has 0 aromatic rings. The Hall–Kier alpha value is -0.850. The second kappa shape index (κ2) is 3.91. The minimum atomic E-state index is 0.410. The Kier molecular flexibility index (Phi) is 2.62. The minimum absolute atomic E-state index is 0.410. The van der Waals surface area contributed by atoms with E-state index >= 15 is 0 Å². The zero-order valence-corrected chi connectivity index (χ0v) is 8.01. The molecular weight excluding hydrogens is 160 g/mol. The van der Waals surface area contributed by atoms with E-state index in [0.29, 0.717) is 5.78 Å². The third-order valence-electron chi connectivity index (χ3n) is 2.98. The van der Waals surface area contributed by atoms with E-state index in [1.54, 1.807) is 0 Å². The second-order valence-electron chi connectivity index (χ2n) is 3.93. The van der Waals surface area contributed by atoms with Crippen LogP contribution in [0.1, 0.15) is 44.9 Å². The lowest BCUT2D eigenvalue weighted by molar-refractivity contribution is -0.116. The van der Waals surface area contributed by atoms with E-state index in [2.05, 4.69) is 12.2 Å². The third-order valence-corrected chi connectivity index (χ3v) is 2.98. The van der Waals surface area contributed by atoms with Gasteiger partial charge in [0.05, 0.1) is 0 Å². The first-order valence-electron chi connectivity index (χ1n) is 5.27. The fraction of sp³-hybridized carbons (Fsp3) is 0.583. The summed E-state index contributed by atoms with van der Waals surface area (Å²) in [5.41, 5.74) is 2.60. The molecule has 70 valence electrons. The summed E-state index contributed by atoms with van der Waals surface area (Å²) < 4.78 is 0. The highest BCUT2D eigenvalue weighted by molar-refractivity contribution is 5.97. The van der Waals surface area contributed by atoms with Crippen LogP contribution in [0, 0.1) is 0 Å². The van der Waals surface area contributed by atoms with Crippen LogP contribution in [-0.2, 0) is 4.79 Å². The molecule has 0 heterocycles. The Morgan fingerprint density at radius 1 is 1.00 bits per heavy atom. The summed E-state index contributed by atoms with van der Waals surface area (Å²) in [6, 6.07) is 0. The largest absolute Gasteiger partial charge is 0.295 e. The molecule has 2 aliphatic carbocycles. The Bertz CT molecular complexity index is 271. The van der Waals surface area contributed by atoms with E-state index in [9.17, 15) is 4.79 Å². The molecule has 0 fully saturated rings. The zero-order valence-electron chi connectivity index (χ0n) is 8.01. The van der Waals surface area contributed by atoms with Gasteiger partial charge in [-0.2, -0.15) is 0 Å². The first kappa shape index (κ1) is 8.74. The van der Waals surface area contributed by atoms with Crippen molar-refractivity contribution in [2.24, 2.45) is 0 Å². The van der Waals surface area contributed by atoms with Crippen LogP contribution in [0.15, 0.2) is 23.3 Å². The number of allylic oxidation sites excluding steroid dienone is 4. The lowest BCUT2D eigenvalue weighted by atomic mass is 9.85. The van der Waals surface area contributed by atoms with Crippen molar-refractivity contribution in [2.45, 2.75) is 44.9 Å². The standard InChI is InChI=1S/C12H16O/c13-12-9-5-7-10-6-3-1-2-4-8-11(10)12/h2,4H,1,3,5-9H2. The number of hydrogen-bond donors (Lipinski definition) is 0. The van der Waals surface area contributed by atoms with Gasteiger partial charge in [-0.3, -0.25) is 4.79 Å². The fourth-order valence-electron chi connectivity index (χ4n) is 2.25. The van der Waals surface area contributed by atoms with E-state index in [4.69, 9.17) is 0 Å². The van der Waals surface area contributed by atoms with Crippen LogP contribution in [0.3, 0.4) is 0 Å². The first-order valence-corrected chi connectivity index (χ1v) is 5.27. The van der Waals surface area contributed by atoms with Crippen molar-refractivity contribution >= 4 is 5.78 Å². The molecule has 0 unspecified atom stereocenters. The summed E-state index contributed by atoms with van der Waals surface area (Å²) in [6.45, 7) is 0. The van der Waals surface area contributed by atoms with E-state index in [1.165, 1.54) is 24.8 Å². The van der Waals surface area contributed by atoms with Crippen LogP contribution < -0.4 is 0 Å². The van der Waals surface area contributed by atoms with Gasteiger partial charge in [0.2, 0.25) is 0 Å². The molecule has 0 aromatic carbocycles. The summed E-state index contributed by atoms with van der Waals surface area (Å²) >= 11 is 0. The summed E-state index contributed by atoms with van der Waals surface area (Å²) in [4.78, 5) is 11.6. The Morgan fingerprint density at radius 3 is 2.77 bits per heavy atom. The zero-order chi connectivity index (χ0) is 9.10. The Labute approximate surface area is 79.5 Å². The average molecular weight is 176 g/mol. The van der Waals surface area contributed by atoms with Gasteiger partial charge in [0, 0.05) is 6.42 Å². The lowest BCUT2D eigenvalue weighted by Crippen LogP contribution is -2.12. The van der Waals surface area contributed by atoms with Gasteiger partial charge in [0.1, 0.15) is 0 Å². The second-order valence-corrected chi connectivity index (χ2v) is 3.93. The van der Waals surface area contributed by atoms with Crippen LogP contribution in [-0.4, -0.2) is 5.78 Å². The predicted molar refractivity (Wildman–Crippen MR) is 53.5 cm³/mol. The van der Waals surface area contributed by atoms with Crippen LogP contribution in [0.2, 0.25) is 0 Å². The molecule has 0 amide bonds. The normalized spacial score (nSPS) is 23.8. The molecule has 0 saturated heterocycles. The van der Waals surface area contributed by atoms with Crippen LogP contribution >= 0.6 is 0 Å². The maximum absolute atomic E-state index is 11.6. The molecule has 0 N–H and O–H groups in total. The summed E-state index contributed by atoms with van der Waals surface area (Å²) in [7, 11) is 0. The predicted octanol–water partition coefficient (Wildman–Crippen LogP) is 3.17. The van der Waals surface area contributed by atoms with E-state index in [1.807, 2.05) is 0 Å². The number of rotatable bonds is 0. The van der Waals surface area contributed by atoms with E-state index < -0.39 is 0 Å². The molecule has 0 radical (unpaired) electrons. The molecule has 0 aliphatic heterocycles. The quantitative estimate of drug-likeness (QED) is 0.518. The molecular formula is C12H16O. The first-order chi connectivity index (χ1) is 6.38. The van der Waals surface area contributed by atoms with Crippen LogP contribution in [0.4, 0.5) is 0 Å². The van der Waals surface area contributed by atoms with Gasteiger partial charge in [-0.05, 0) is 44.1 Å². The number of hydrogen-bond acceptors (Lipinski definition) is 1. The van der Waals surface area contributed by atoms with Crippen molar-refractivity contribution in [1.82, 2.24) is 0 Å². The maximum Gasteiger partial charge on any atom is 0.159 e. The number of carbonyl (C=O) groups excluding carboxylic acids is 1. The number of Topliss-reactive ketones (excluding diaryl/α,β-unsaturated/α-hetero) is 1. The number of carbonyl (C=O) groups is 1. The molecule has 0 bridgehead atoms. The maximum atomic E-state index is 11.6. The van der Waals surface area contributed by atoms with Crippen molar-refractivity contribution in [1.29, 1.82) is 0 Å².